The maximum atomic E-state index is 10.3. The first-order chi connectivity index (χ1) is 15.3. The second-order valence-corrected chi connectivity index (χ2v) is 9.44. The Kier molecular flexibility index (Phi) is 5.30. The van der Waals surface area contributed by atoms with Crippen LogP contribution in [0.3, 0.4) is 0 Å². The lowest BCUT2D eigenvalue weighted by molar-refractivity contribution is -0.288. The van der Waals surface area contributed by atoms with E-state index in [-0.39, 0.29) is 0 Å². The van der Waals surface area contributed by atoms with E-state index in [1.54, 1.807) is 49.4 Å². The Morgan fingerprint density at radius 1 is 1.03 bits per heavy atom. The summed E-state index contributed by atoms with van der Waals surface area (Å²) >= 11 is 6.83. The standard InChI is InChI=1S/C23H16Br2N4O3/c1-13-22(12-28)20(29)32-23(13,15-4-6-16(24)7-5-15)31-19(21(22,10-26)11-27)14-3-8-18(30-2)17(25)9-14/h3-9,13,19,29H,1-2H3. The Labute approximate surface area is 201 Å². The minimum Gasteiger partial charge on any atom is -0.496 e. The highest BCUT2D eigenvalue weighted by molar-refractivity contribution is 9.10. The smallest absolute Gasteiger partial charge is 0.244 e. The molecule has 1 N–H and O–H groups in total. The summed E-state index contributed by atoms with van der Waals surface area (Å²) in [6.45, 7) is 1.68. The molecular weight excluding hydrogens is 540 g/mol. The largest absolute Gasteiger partial charge is 0.496 e. The molecule has 2 aliphatic heterocycles. The second-order valence-electron chi connectivity index (χ2n) is 7.67. The summed E-state index contributed by atoms with van der Waals surface area (Å²) < 4.78 is 19.2. The van der Waals surface area contributed by atoms with E-state index in [9.17, 15) is 15.8 Å². The van der Waals surface area contributed by atoms with Gasteiger partial charge in [-0.2, -0.15) is 15.8 Å². The van der Waals surface area contributed by atoms with Crippen LogP contribution in [-0.2, 0) is 15.3 Å². The lowest BCUT2D eigenvalue weighted by Gasteiger charge is -2.48. The van der Waals surface area contributed by atoms with E-state index in [1.807, 2.05) is 12.1 Å². The molecule has 2 fully saturated rings. The molecule has 4 rings (SSSR count). The number of nitriles is 3. The molecule has 0 saturated carbocycles. The van der Waals surface area contributed by atoms with Gasteiger partial charge >= 0.3 is 0 Å². The third kappa shape index (κ3) is 2.61. The predicted molar refractivity (Wildman–Crippen MR) is 120 cm³/mol. The van der Waals surface area contributed by atoms with Crippen molar-refractivity contribution in [3.05, 3.63) is 62.5 Å². The number of hydrogen-bond acceptors (Lipinski definition) is 7. The number of halogens is 2. The fraction of sp³-hybridized carbons (Fsp3) is 0.304. The third-order valence-electron chi connectivity index (χ3n) is 6.39. The Hall–Kier alpha value is -2.90. The lowest BCUT2D eigenvalue weighted by Crippen LogP contribution is -2.57. The average Bonchev–Trinajstić information content (AvgIpc) is 2.95. The van der Waals surface area contributed by atoms with Gasteiger partial charge in [0, 0.05) is 10.0 Å². The summed E-state index contributed by atoms with van der Waals surface area (Å²) in [5.74, 6) is -2.23. The Balaban J connectivity index is 2.02. The Bertz CT molecular complexity index is 1230. The van der Waals surface area contributed by atoms with Gasteiger partial charge in [-0.05, 0) is 45.8 Å². The number of hydrogen-bond donors (Lipinski definition) is 1. The first-order valence-electron chi connectivity index (χ1n) is 9.55. The van der Waals surface area contributed by atoms with Gasteiger partial charge in [-0.1, -0.05) is 41.1 Å². The molecule has 2 aromatic carbocycles. The van der Waals surface area contributed by atoms with E-state index in [0.717, 1.165) is 4.47 Å². The summed E-state index contributed by atoms with van der Waals surface area (Å²) in [5.41, 5.74) is -2.82. The molecule has 2 bridgehead atoms. The van der Waals surface area contributed by atoms with Crippen molar-refractivity contribution in [3.63, 3.8) is 0 Å². The van der Waals surface area contributed by atoms with Gasteiger partial charge in [-0.3, -0.25) is 5.41 Å². The second kappa shape index (κ2) is 7.60. The van der Waals surface area contributed by atoms with Gasteiger partial charge in [-0.25, -0.2) is 0 Å². The van der Waals surface area contributed by atoms with E-state index < -0.39 is 34.5 Å². The normalized spacial score (nSPS) is 29.8. The molecule has 2 heterocycles. The molecule has 9 heteroatoms. The molecule has 0 aliphatic carbocycles. The van der Waals surface area contributed by atoms with Crippen molar-refractivity contribution in [2.75, 3.05) is 7.11 Å². The Morgan fingerprint density at radius 3 is 2.22 bits per heavy atom. The fourth-order valence-corrected chi connectivity index (χ4v) is 5.52. The number of nitrogens with zero attached hydrogens (tertiary/aromatic N) is 3. The monoisotopic (exact) mass is 554 g/mol. The quantitative estimate of drug-likeness (QED) is 0.546. The van der Waals surface area contributed by atoms with E-state index in [0.29, 0.717) is 21.3 Å². The fourth-order valence-electron chi connectivity index (χ4n) is 4.70. The lowest BCUT2D eigenvalue weighted by atomic mass is 9.53. The van der Waals surface area contributed by atoms with Crippen LogP contribution >= 0.6 is 31.9 Å². The molecule has 160 valence electrons. The van der Waals surface area contributed by atoms with Gasteiger partial charge in [0.1, 0.15) is 11.9 Å². The number of nitrogens with one attached hydrogen (secondary N) is 1. The van der Waals surface area contributed by atoms with Crippen LogP contribution in [0.1, 0.15) is 24.2 Å². The molecular formula is C23H16Br2N4O3. The highest BCUT2D eigenvalue weighted by atomic mass is 79.9. The van der Waals surface area contributed by atoms with Crippen LogP contribution in [0.15, 0.2) is 51.4 Å². The van der Waals surface area contributed by atoms with Crippen LogP contribution in [0.25, 0.3) is 0 Å². The molecule has 2 aromatic rings. The van der Waals surface area contributed by atoms with Crippen molar-refractivity contribution >= 4 is 37.8 Å². The number of rotatable bonds is 3. The molecule has 4 atom stereocenters. The molecule has 4 unspecified atom stereocenters. The molecule has 0 amide bonds. The maximum absolute atomic E-state index is 10.3. The topological polar surface area (TPSA) is 123 Å². The number of fused-ring (bicyclic) bond motifs is 2. The molecule has 2 aliphatic rings. The molecule has 0 radical (unpaired) electrons. The van der Waals surface area contributed by atoms with Crippen LogP contribution in [0.5, 0.6) is 5.75 Å². The van der Waals surface area contributed by atoms with Crippen molar-refractivity contribution in [1.29, 1.82) is 21.2 Å². The van der Waals surface area contributed by atoms with Gasteiger partial charge in [0.25, 0.3) is 0 Å². The maximum Gasteiger partial charge on any atom is 0.244 e. The molecule has 2 saturated heterocycles. The van der Waals surface area contributed by atoms with Crippen LogP contribution in [0, 0.1) is 56.2 Å². The minimum absolute atomic E-state index is 0.450. The Morgan fingerprint density at radius 2 is 1.69 bits per heavy atom. The van der Waals surface area contributed by atoms with Crippen LogP contribution in [0.4, 0.5) is 0 Å². The van der Waals surface area contributed by atoms with Crippen molar-refractivity contribution in [3.8, 4) is 24.0 Å². The predicted octanol–water partition coefficient (Wildman–Crippen LogP) is 5.33. The first-order valence-corrected chi connectivity index (χ1v) is 11.1. The van der Waals surface area contributed by atoms with Gasteiger partial charge in [0.2, 0.25) is 17.1 Å². The first kappa shape index (κ1) is 22.3. The van der Waals surface area contributed by atoms with E-state index >= 15 is 0 Å². The van der Waals surface area contributed by atoms with Crippen molar-refractivity contribution in [2.45, 2.75) is 18.8 Å². The van der Waals surface area contributed by atoms with E-state index in [4.69, 9.17) is 19.6 Å². The minimum atomic E-state index is -2.03. The molecule has 32 heavy (non-hydrogen) atoms. The zero-order valence-electron chi connectivity index (χ0n) is 17.0. The van der Waals surface area contributed by atoms with Crippen LogP contribution < -0.4 is 4.74 Å². The van der Waals surface area contributed by atoms with E-state index in [2.05, 4.69) is 37.9 Å². The number of methoxy groups -OCH3 is 1. The van der Waals surface area contributed by atoms with Gasteiger partial charge in [-0.15, -0.1) is 0 Å². The van der Waals surface area contributed by atoms with Crippen LogP contribution in [0.2, 0.25) is 0 Å². The van der Waals surface area contributed by atoms with Crippen molar-refractivity contribution in [1.82, 2.24) is 0 Å². The van der Waals surface area contributed by atoms with Gasteiger partial charge in [0.15, 0.2) is 5.41 Å². The van der Waals surface area contributed by atoms with Crippen molar-refractivity contribution < 1.29 is 14.2 Å². The highest BCUT2D eigenvalue weighted by Gasteiger charge is 2.79. The summed E-state index contributed by atoms with van der Waals surface area (Å²) in [6, 6.07) is 18.4. The zero-order valence-corrected chi connectivity index (χ0v) is 20.2. The SMILES string of the molecule is COc1ccc(C2OC3(c4ccc(Br)cc4)OC(=N)C(C#N)(C3C)C2(C#N)C#N)cc1Br. The summed E-state index contributed by atoms with van der Waals surface area (Å²) in [4.78, 5) is 0. The number of benzene rings is 2. The molecule has 7 nitrogen and oxygen atoms in total. The third-order valence-corrected chi connectivity index (χ3v) is 7.54. The summed E-state index contributed by atoms with van der Waals surface area (Å²) in [6.07, 6.45) is -1.18. The zero-order chi connectivity index (χ0) is 23.3. The van der Waals surface area contributed by atoms with Crippen molar-refractivity contribution in [2.24, 2.45) is 16.7 Å². The average molecular weight is 556 g/mol. The summed E-state index contributed by atoms with van der Waals surface area (Å²) in [7, 11) is 1.52. The van der Waals surface area contributed by atoms with Crippen LogP contribution in [-0.4, -0.2) is 13.0 Å². The summed E-state index contributed by atoms with van der Waals surface area (Å²) in [5, 5.41) is 39.6. The van der Waals surface area contributed by atoms with E-state index in [1.165, 1.54) is 7.11 Å². The van der Waals surface area contributed by atoms with Gasteiger partial charge in [0.05, 0.1) is 35.7 Å². The highest BCUT2D eigenvalue weighted by Crippen LogP contribution is 2.69. The molecule has 0 spiro atoms. The van der Waals surface area contributed by atoms with Gasteiger partial charge < -0.3 is 14.2 Å². The number of ether oxygens (including phenoxy) is 3. The molecule has 0 aromatic heterocycles.